The van der Waals surface area contributed by atoms with E-state index in [4.69, 9.17) is 5.73 Å². The van der Waals surface area contributed by atoms with Crippen molar-refractivity contribution in [2.75, 3.05) is 0 Å². The van der Waals surface area contributed by atoms with E-state index < -0.39 is 5.83 Å². The molecule has 3 heteroatoms. The summed E-state index contributed by atoms with van der Waals surface area (Å²) in [4.78, 5) is 3.31. The van der Waals surface area contributed by atoms with Crippen LogP contribution in [0.1, 0.15) is 0 Å². The molecule has 0 aromatic carbocycles. The summed E-state index contributed by atoms with van der Waals surface area (Å²) in [6.07, 6.45) is 0.905. The van der Waals surface area contributed by atoms with Crippen LogP contribution in [-0.2, 0) is 0 Å². The van der Waals surface area contributed by atoms with E-state index in [2.05, 4.69) is 18.2 Å². The zero-order valence-corrected chi connectivity index (χ0v) is 4.39. The van der Waals surface area contributed by atoms with E-state index in [1.165, 1.54) is 0 Å². The number of nitrogens with zero attached hydrogens (tertiary/aromatic N) is 1. The number of halogens is 1. The highest BCUT2D eigenvalue weighted by Crippen LogP contribution is 1.85. The molecule has 0 spiro atoms. The molecule has 0 radical (unpaired) electrons. The van der Waals surface area contributed by atoms with Gasteiger partial charge in [0, 0.05) is 0 Å². The molecule has 8 heavy (non-hydrogen) atoms. The van der Waals surface area contributed by atoms with Crippen molar-refractivity contribution in [3.63, 3.8) is 0 Å². The highest BCUT2D eigenvalue weighted by atomic mass is 19.1. The third kappa shape index (κ3) is 4.88. The predicted molar refractivity (Wildman–Crippen MR) is 32.1 cm³/mol. The van der Waals surface area contributed by atoms with Crippen LogP contribution in [0.2, 0.25) is 0 Å². The molecule has 0 aliphatic carbocycles. The Morgan fingerprint density at radius 1 is 1.62 bits per heavy atom. The van der Waals surface area contributed by atoms with Gasteiger partial charge in [-0.2, -0.15) is 0 Å². The van der Waals surface area contributed by atoms with Crippen LogP contribution in [0.3, 0.4) is 0 Å². The fraction of sp³-hybridized carbons (Fsp3) is 0. The second-order valence-electron chi connectivity index (χ2n) is 1.20. The van der Waals surface area contributed by atoms with E-state index in [9.17, 15) is 4.39 Å². The van der Waals surface area contributed by atoms with Crippen LogP contribution in [0.5, 0.6) is 0 Å². The molecular weight excluding hydrogens is 107 g/mol. The average molecular weight is 114 g/mol. The number of hydrogen-bond donors (Lipinski definition) is 1. The molecule has 0 saturated carbocycles. The number of nitrogens with two attached hydrogens (primary N) is 1. The van der Waals surface area contributed by atoms with Gasteiger partial charge in [0.2, 0.25) is 0 Å². The van der Waals surface area contributed by atoms with Gasteiger partial charge in [-0.25, -0.2) is 9.38 Å². The van der Waals surface area contributed by atoms with Crippen molar-refractivity contribution in [2.24, 2.45) is 10.7 Å². The minimum Gasteiger partial charge on any atom is -0.384 e. The average Bonchev–Trinajstić information content (AvgIpc) is 1.61. The Labute approximate surface area is 47.2 Å². The van der Waals surface area contributed by atoms with Crippen molar-refractivity contribution in [3.8, 4) is 0 Å². The van der Waals surface area contributed by atoms with Crippen molar-refractivity contribution in [2.45, 2.75) is 0 Å². The second-order valence-corrected chi connectivity index (χ2v) is 1.20. The van der Waals surface area contributed by atoms with Crippen LogP contribution < -0.4 is 5.73 Å². The van der Waals surface area contributed by atoms with Gasteiger partial charge in [0.15, 0.2) is 0 Å². The lowest BCUT2D eigenvalue weighted by molar-refractivity contribution is 0.690. The molecule has 0 amide bonds. The van der Waals surface area contributed by atoms with Crippen LogP contribution in [0.15, 0.2) is 29.8 Å². The van der Waals surface area contributed by atoms with Crippen molar-refractivity contribution < 1.29 is 4.39 Å². The summed E-state index contributed by atoms with van der Waals surface area (Å²) >= 11 is 0. The maximum absolute atomic E-state index is 11.6. The summed E-state index contributed by atoms with van der Waals surface area (Å²) in [7, 11) is 0. The molecular formula is C5H7FN2. The van der Waals surface area contributed by atoms with Crippen LogP contribution in [0, 0.1) is 0 Å². The van der Waals surface area contributed by atoms with Crippen LogP contribution in [-0.4, -0.2) is 6.21 Å². The topological polar surface area (TPSA) is 38.4 Å². The molecule has 2 N–H and O–H groups in total. The third-order valence-electron chi connectivity index (χ3n) is 0.370. The van der Waals surface area contributed by atoms with Crippen molar-refractivity contribution in [1.82, 2.24) is 0 Å². The number of allylic oxidation sites excluding steroid dienone is 1. The zero-order valence-electron chi connectivity index (χ0n) is 4.39. The van der Waals surface area contributed by atoms with Crippen LogP contribution >= 0.6 is 0 Å². The molecule has 0 aliphatic heterocycles. The maximum Gasteiger partial charge on any atom is 0.134 e. The first kappa shape index (κ1) is 6.88. The zero-order chi connectivity index (χ0) is 6.57. The summed E-state index contributed by atoms with van der Waals surface area (Å²) in [5, 5.41) is 0. The molecule has 0 aliphatic rings. The number of hydrogen-bond acceptors (Lipinski definition) is 2. The minimum atomic E-state index is -0.628. The first-order chi connectivity index (χ1) is 3.63. The summed E-state index contributed by atoms with van der Waals surface area (Å²) in [6.45, 7) is 6.11. The van der Waals surface area contributed by atoms with E-state index in [0.717, 1.165) is 6.21 Å². The number of aliphatic imine (C=N–C) groups is 1. The SMILES string of the molecule is C=C(F)/C=N\C(=C)N. The largest absolute Gasteiger partial charge is 0.384 e. The molecule has 0 atom stereocenters. The fourth-order valence-corrected chi connectivity index (χ4v) is 0.153. The molecule has 44 valence electrons. The maximum atomic E-state index is 11.6. The van der Waals surface area contributed by atoms with E-state index in [-0.39, 0.29) is 5.82 Å². The highest BCUT2D eigenvalue weighted by molar-refractivity contribution is 5.75. The molecule has 2 nitrogen and oxygen atoms in total. The fourth-order valence-electron chi connectivity index (χ4n) is 0.153. The summed E-state index contributed by atoms with van der Waals surface area (Å²) in [6, 6.07) is 0. The summed E-state index contributed by atoms with van der Waals surface area (Å²) in [5.41, 5.74) is 4.94. The van der Waals surface area contributed by atoms with Crippen LogP contribution in [0.4, 0.5) is 4.39 Å². The van der Waals surface area contributed by atoms with Gasteiger partial charge in [0.1, 0.15) is 11.6 Å². The van der Waals surface area contributed by atoms with Gasteiger partial charge >= 0.3 is 0 Å². The lowest BCUT2D eigenvalue weighted by Gasteiger charge is -1.82. The lowest BCUT2D eigenvalue weighted by Crippen LogP contribution is -1.89. The Hall–Kier alpha value is -1.12. The van der Waals surface area contributed by atoms with E-state index in [1.54, 1.807) is 0 Å². The lowest BCUT2D eigenvalue weighted by atomic mass is 10.6. The third-order valence-corrected chi connectivity index (χ3v) is 0.370. The van der Waals surface area contributed by atoms with Gasteiger partial charge in [-0.15, -0.1) is 0 Å². The first-order valence-corrected chi connectivity index (χ1v) is 1.96. The molecule has 0 saturated heterocycles. The van der Waals surface area contributed by atoms with Gasteiger partial charge in [-0.3, -0.25) is 0 Å². The first-order valence-electron chi connectivity index (χ1n) is 1.96. The smallest absolute Gasteiger partial charge is 0.134 e. The predicted octanol–water partition coefficient (Wildman–Crippen LogP) is 0.970. The van der Waals surface area contributed by atoms with Crippen molar-refractivity contribution >= 4 is 6.21 Å². The second kappa shape index (κ2) is 2.96. The molecule has 0 heterocycles. The minimum absolute atomic E-state index is 0.0730. The molecule has 0 bridgehead atoms. The molecule has 0 unspecified atom stereocenters. The highest BCUT2D eigenvalue weighted by Gasteiger charge is 1.78. The number of rotatable bonds is 2. The van der Waals surface area contributed by atoms with Gasteiger partial charge in [0.05, 0.1) is 6.21 Å². The van der Waals surface area contributed by atoms with E-state index >= 15 is 0 Å². The Bertz CT molecular complexity index is 121. The Kier molecular flexibility index (Phi) is 2.54. The Balaban J connectivity index is 3.67. The summed E-state index contributed by atoms with van der Waals surface area (Å²) < 4.78 is 11.6. The molecule has 0 aromatic rings. The summed E-state index contributed by atoms with van der Waals surface area (Å²) in [5.74, 6) is -0.555. The van der Waals surface area contributed by atoms with Crippen LogP contribution in [0.25, 0.3) is 0 Å². The van der Waals surface area contributed by atoms with E-state index in [1.807, 2.05) is 0 Å². The Morgan fingerprint density at radius 3 is 2.25 bits per heavy atom. The molecule has 0 fully saturated rings. The van der Waals surface area contributed by atoms with E-state index in [0.29, 0.717) is 0 Å². The van der Waals surface area contributed by atoms with Gasteiger partial charge in [-0.1, -0.05) is 13.2 Å². The monoisotopic (exact) mass is 114 g/mol. The van der Waals surface area contributed by atoms with Crippen molar-refractivity contribution in [1.29, 1.82) is 0 Å². The normalized spacial score (nSPS) is 9.62. The Morgan fingerprint density at radius 2 is 2.12 bits per heavy atom. The van der Waals surface area contributed by atoms with Gasteiger partial charge in [-0.05, 0) is 0 Å². The van der Waals surface area contributed by atoms with Gasteiger partial charge in [0.25, 0.3) is 0 Å². The standard InChI is InChI=1S/C5H7FN2/c1-4(6)3-8-5(2)7/h3H,1-2,7H2/b8-3-. The van der Waals surface area contributed by atoms with Gasteiger partial charge < -0.3 is 5.73 Å². The molecule has 0 rings (SSSR count). The quantitative estimate of drug-likeness (QED) is 0.534. The molecule has 0 aromatic heterocycles. The van der Waals surface area contributed by atoms with Crippen molar-refractivity contribution in [3.05, 3.63) is 24.8 Å².